The maximum absolute atomic E-state index is 12.6. The molecule has 1 aliphatic rings. The number of aromatic nitrogens is 1. The molecule has 2 N–H and O–H groups in total. The minimum atomic E-state index is -3.46. The van der Waals surface area contributed by atoms with Crippen molar-refractivity contribution in [2.24, 2.45) is 0 Å². The summed E-state index contributed by atoms with van der Waals surface area (Å²) in [6.45, 7) is 4.65. The summed E-state index contributed by atoms with van der Waals surface area (Å²) in [7, 11) is -3.46. The van der Waals surface area contributed by atoms with Crippen molar-refractivity contribution in [2.75, 3.05) is 23.7 Å². The Kier molecular flexibility index (Phi) is 5.48. The van der Waals surface area contributed by atoms with Gasteiger partial charge in [-0.25, -0.2) is 13.4 Å². The van der Waals surface area contributed by atoms with Gasteiger partial charge in [-0.3, -0.25) is 4.79 Å². The molecule has 1 aliphatic heterocycles. The number of fused-ring (bicyclic) bond motifs is 1. The number of oxazole rings is 1. The van der Waals surface area contributed by atoms with Crippen LogP contribution in [0.3, 0.4) is 0 Å². The molecule has 0 unspecified atom stereocenters. The van der Waals surface area contributed by atoms with Crippen molar-refractivity contribution < 1.29 is 17.6 Å². The van der Waals surface area contributed by atoms with Crippen LogP contribution < -0.4 is 10.6 Å². The van der Waals surface area contributed by atoms with Crippen LogP contribution in [0.1, 0.15) is 25.7 Å². The van der Waals surface area contributed by atoms with Crippen LogP contribution in [0.5, 0.6) is 0 Å². The molecule has 158 valence electrons. The molecule has 9 heteroatoms. The van der Waals surface area contributed by atoms with Crippen LogP contribution in [0.4, 0.5) is 11.4 Å². The van der Waals surface area contributed by atoms with E-state index >= 15 is 0 Å². The van der Waals surface area contributed by atoms with E-state index in [9.17, 15) is 13.2 Å². The monoisotopic (exact) mass is 428 g/mol. The van der Waals surface area contributed by atoms with Crippen LogP contribution in [0.15, 0.2) is 51.8 Å². The summed E-state index contributed by atoms with van der Waals surface area (Å²) >= 11 is 0. The summed E-state index contributed by atoms with van der Waals surface area (Å²) in [5.41, 5.74) is 2.71. The molecule has 0 saturated carbocycles. The van der Waals surface area contributed by atoms with Gasteiger partial charge in [0.15, 0.2) is 11.5 Å². The van der Waals surface area contributed by atoms with Crippen molar-refractivity contribution in [3.05, 3.63) is 48.4 Å². The van der Waals surface area contributed by atoms with Gasteiger partial charge in [-0.1, -0.05) is 0 Å². The van der Waals surface area contributed by atoms with Gasteiger partial charge in [0.2, 0.25) is 15.9 Å². The summed E-state index contributed by atoms with van der Waals surface area (Å²) in [5, 5.41) is 5.95. The van der Waals surface area contributed by atoms with Crippen LogP contribution in [-0.4, -0.2) is 42.7 Å². The standard InChI is InChI=1S/C21H24N4O4S/c1-14(22-17-7-10-20-19(13-17)23-15(2)29-20)21(26)24-16-5-8-18(9-6-16)30(27,28)25-11-3-4-12-25/h5-10,13-14,22H,3-4,11-12H2,1-2H3,(H,24,26)/t14-/m1/s1. The maximum atomic E-state index is 12.6. The second-order valence-electron chi connectivity index (χ2n) is 7.41. The fraction of sp³-hybridized carbons (Fsp3) is 0.333. The fourth-order valence-electron chi connectivity index (χ4n) is 3.49. The molecule has 0 radical (unpaired) electrons. The molecule has 0 bridgehead atoms. The minimum absolute atomic E-state index is 0.235. The normalized spacial score (nSPS) is 15.9. The molecule has 0 aliphatic carbocycles. The smallest absolute Gasteiger partial charge is 0.246 e. The molecule has 2 aromatic carbocycles. The first kappa shape index (κ1) is 20.4. The Morgan fingerprint density at radius 1 is 1.10 bits per heavy atom. The lowest BCUT2D eigenvalue weighted by molar-refractivity contribution is -0.116. The predicted molar refractivity (Wildman–Crippen MR) is 115 cm³/mol. The Hall–Kier alpha value is -2.91. The number of carbonyl (C=O) groups is 1. The Bertz CT molecular complexity index is 1170. The van der Waals surface area contributed by atoms with E-state index < -0.39 is 16.1 Å². The van der Waals surface area contributed by atoms with Crippen molar-refractivity contribution in [1.29, 1.82) is 0 Å². The van der Waals surface area contributed by atoms with E-state index in [0.29, 0.717) is 30.3 Å². The van der Waals surface area contributed by atoms with Crippen LogP contribution in [0, 0.1) is 6.92 Å². The third kappa shape index (κ3) is 4.17. The predicted octanol–water partition coefficient (Wildman–Crippen LogP) is 3.36. The molecular weight excluding hydrogens is 404 g/mol. The zero-order valence-electron chi connectivity index (χ0n) is 16.9. The molecular formula is C21H24N4O4S. The van der Waals surface area contributed by atoms with Crippen LogP contribution >= 0.6 is 0 Å². The van der Waals surface area contributed by atoms with Gasteiger partial charge in [0, 0.05) is 31.4 Å². The topological polar surface area (TPSA) is 105 Å². The molecule has 2 heterocycles. The van der Waals surface area contributed by atoms with Crippen LogP contribution in [0.2, 0.25) is 0 Å². The second-order valence-corrected chi connectivity index (χ2v) is 9.34. The summed E-state index contributed by atoms with van der Waals surface area (Å²) in [6.07, 6.45) is 1.78. The highest BCUT2D eigenvalue weighted by atomic mass is 32.2. The van der Waals surface area contributed by atoms with Crippen LogP contribution in [0.25, 0.3) is 11.1 Å². The van der Waals surface area contributed by atoms with Crippen LogP contribution in [-0.2, 0) is 14.8 Å². The first-order chi connectivity index (χ1) is 14.3. The number of hydrogen-bond acceptors (Lipinski definition) is 6. The molecule has 4 rings (SSSR count). The molecule has 3 aromatic rings. The summed E-state index contributed by atoms with van der Waals surface area (Å²) in [4.78, 5) is 17.1. The highest BCUT2D eigenvalue weighted by Crippen LogP contribution is 2.23. The van der Waals surface area contributed by atoms with E-state index in [1.165, 1.54) is 16.4 Å². The number of carbonyl (C=O) groups excluding carboxylic acids is 1. The zero-order valence-corrected chi connectivity index (χ0v) is 17.7. The van der Waals surface area contributed by atoms with Crippen molar-refractivity contribution in [1.82, 2.24) is 9.29 Å². The number of anilines is 2. The van der Waals surface area contributed by atoms with E-state index in [2.05, 4.69) is 15.6 Å². The van der Waals surface area contributed by atoms with Crippen molar-refractivity contribution in [3.63, 3.8) is 0 Å². The maximum Gasteiger partial charge on any atom is 0.246 e. The lowest BCUT2D eigenvalue weighted by Gasteiger charge is -2.17. The zero-order chi connectivity index (χ0) is 21.3. The fourth-order valence-corrected chi connectivity index (χ4v) is 5.00. The molecule has 1 fully saturated rings. The van der Waals surface area contributed by atoms with Crippen molar-refractivity contribution >= 4 is 38.4 Å². The lowest BCUT2D eigenvalue weighted by Crippen LogP contribution is -2.32. The average molecular weight is 429 g/mol. The summed E-state index contributed by atoms with van der Waals surface area (Å²) in [6, 6.07) is 11.2. The van der Waals surface area contributed by atoms with Gasteiger partial charge >= 0.3 is 0 Å². The summed E-state index contributed by atoms with van der Waals surface area (Å²) < 4.78 is 32.1. The van der Waals surface area contributed by atoms with Gasteiger partial charge in [-0.05, 0) is 62.2 Å². The van der Waals surface area contributed by atoms with E-state index in [1.54, 1.807) is 26.0 Å². The van der Waals surface area contributed by atoms with E-state index in [4.69, 9.17) is 4.42 Å². The number of aryl methyl sites for hydroxylation is 1. The lowest BCUT2D eigenvalue weighted by atomic mass is 10.2. The molecule has 1 saturated heterocycles. The number of hydrogen-bond donors (Lipinski definition) is 2. The Morgan fingerprint density at radius 2 is 1.77 bits per heavy atom. The number of sulfonamides is 1. The van der Waals surface area contributed by atoms with Gasteiger partial charge in [-0.15, -0.1) is 0 Å². The van der Waals surface area contributed by atoms with E-state index in [-0.39, 0.29) is 10.8 Å². The summed E-state index contributed by atoms with van der Waals surface area (Å²) in [5.74, 6) is 0.352. The highest BCUT2D eigenvalue weighted by molar-refractivity contribution is 7.89. The molecule has 1 atom stereocenters. The van der Waals surface area contributed by atoms with Gasteiger partial charge in [0.05, 0.1) is 4.90 Å². The largest absolute Gasteiger partial charge is 0.441 e. The van der Waals surface area contributed by atoms with Gasteiger partial charge in [0.1, 0.15) is 11.6 Å². The number of rotatable bonds is 6. The van der Waals surface area contributed by atoms with Gasteiger partial charge in [0.25, 0.3) is 0 Å². The SMILES string of the molecule is Cc1nc2cc(N[C@H](C)C(=O)Nc3ccc(S(=O)(=O)N4CCCC4)cc3)ccc2o1. The van der Waals surface area contributed by atoms with Crippen molar-refractivity contribution in [3.8, 4) is 0 Å². The third-order valence-electron chi connectivity index (χ3n) is 5.10. The third-order valence-corrected chi connectivity index (χ3v) is 7.01. The molecule has 8 nitrogen and oxygen atoms in total. The van der Waals surface area contributed by atoms with Gasteiger partial charge in [-0.2, -0.15) is 4.31 Å². The Balaban J connectivity index is 1.40. The van der Waals surface area contributed by atoms with E-state index in [1.807, 2.05) is 18.2 Å². The molecule has 0 spiro atoms. The molecule has 1 amide bonds. The van der Waals surface area contributed by atoms with Crippen molar-refractivity contribution in [2.45, 2.75) is 37.6 Å². The number of nitrogens with one attached hydrogen (secondary N) is 2. The second kappa shape index (κ2) is 8.08. The van der Waals surface area contributed by atoms with E-state index in [0.717, 1.165) is 24.0 Å². The average Bonchev–Trinajstić information content (AvgIpc) is 3.37. The highest BCUT2D eigenvalue weighted by Gasteiger charge is 2.27. The Morgan fingerprint density at radius 3 is 2.47 bits per heavy atom. The molecule has 1 aromatic heterocycles. The minimum Gasteiger partial charge on any atom is -0.441 e. The number of benzene rings is 2. The molecule has 30 heavy (non-hydrogen) atoms. The Labute approximate surface area is 175 Å². The quantitative estimate of drug-likeness (QED) is 0.624. The number of nitrogens with zero attached hydrogens (tertiary/aromatic N) is 2. The first-order valence-corrected chi connectivity index (χ1v) is 11.3. The number of amides is 1. The van der Waals surface area contributed by atoms with Gasteiger partial charge < -0.3 is 15.1 Å². The first-order valence-electron chi connectivity index (χ1n) is 9.88.